The van der Waals surface area contributed by atoms with Crippen LogP contribution in [0.3, 0.4) is 0 Å². The van der Waals surface area contributed by atoms with Crippen molar-refractivity contribution in [2.45, 2.75) is 39.3 Å². The third-order valence-electron chi connectivity index (χ3n) is 4.28. The van der Waals surface area contributed by atoms with Gasteiger partial charge in [-0.2, -0.15) is 5.26 Å². The lowest BCUT2D eigenvalue weighted by Gasteiger charge is -2.07. The maximum Gasteiger partial charge on any atom is 0.262 e. The highest BCUT2D eigenvalue weighted by atomic mass is 16.1. The summed E-state index contributed by atoms with van der Waals surface area (Å²) >= 11 is 0. The molecule has 0 bridgehead atoms. The molecule has 24 heavy (non-hydrogen) atoms. The van der Waals surface area contributed by atoms with E-state index in [1.807, 2.05) is 31.2 Å². The van der Waals surface area contributed by atoms with Crippen LogP contribution in [0.4, 0.5) is 0 Å². The second kappa shape index (κ2) is 6.71. The molecule has 2 aromatic heterocycles. The minimum atomic E-state index is -0.363. The lowest BCUT2D eigenvalue weighted by molar-refractivity contribution is -0.117. The lowest BCUT2D eigenvalue weighted by Crippen LogP contribution is -2.24. The van der Waals surface area contributed by atoms with Gasteiger partial charge in [-0.1, -0.05) is 6.07 Å². The van der Waals surface area contributed by atoms with Crippen molar-refractivity contribution < 1.29 is 4.79 Å². The number of nitrogens with zero attached hydrogens (tertiary/aromatic N) is 3. The van der Waals surface area contributed by atoms with Gasteiger partial charge < -0.3 is 9.88 Å². The number of aromatic nitrogens is 2. The van der Waals surface area contributed by atoms with E-state index in [9.17, 15) is 10.1 Å². The highest BCUT2D eigenvalue weighted by molar-refractivity contribution is 6.01. The molecule has 1 aliphatic rings. The normalized spacial score (nSPS) is 14.3. The number of carbonyl (C=O) groups excluding carboxylic acids is 1. The van der Waals surface area contributed by atoms with E-state index in [0.29, 0.717) is 12.6 Å². The molecule has 1 N–H and O–H groups in total. The molecule has 5 heteroatoms. The quantitative estimate of drug-likeness (QED) is 0.680. The largest absolute Gasteiger partial charge is 0.347 e. The van der Waals surface area contributed by atoms with Gasteiger partial charge in [0.15, 0.2) is 0 Å². The fourth-order valence-corrected chi connectivity index (χ4v) is 2.93. The smallest absolute Gasteiger partial charge is 0.262 e. The van der Waals surface area contributed by atoms with Gasteiger partial charge in [-0.15, -0.1) is 0 Å². The van der Waals surface area contributed by atoms with Crippen LogP contribution in [0, 0.1) is 25.2 Å². The predicted molar refractivity (Wildman–Crippen MR) is 91.9 cm³/mol. The van der Waals surface area contributed by atoms with E-state index >= 15 is 0 Å². The Kier molecular flexibility index (Phi) is 4.48. The molecule has 0 unspecified atom stereocenters. The summed E-state index contributed by atoms with van der Waals surface area (Å²) in [7, 11) is 0. The van der Waals surface area contributed by atoms with Crippen LogP contribution in [-0.4, -0.2) is 15.5 Å². The van der Waals surface area contributed by atoms with E-state index in [1.54, 1.807) is 18.5 Å². The van der Waals surface area contributed by atoms with Crippen molar-refractivity contribution in [3.05, 3.63) is 58.7 Å². The van der Waals surface area contributed by atoms with E-state index in [0.717, 1.165) is 16.8 Å². The third kappa shape index (κ3) is 3.38. The Morgan fingerprint density at radius 3 is 2.92 bits per heavy atom. The molecule has 5 nitrogen and oxygen atoms in total. The Bertz CT molecular complexity index is 823. The number of aryl methyl sites for hydroxylation is 1. The number of nitrogens with one attached hydrogen (secondary N) is 1. The molecular weight excluding hydrogens is 300 g/mol. The first-order valence-electron chi connectivity index (χ1n) is 8.07. The van der Waals surface area contributed by atoms with Crippen molar-refractivity contribution in [2.24, 2.45) is 0 Å². The Balaban J connectivity index is 1.76. The van der Waals surface area contributed by atoms with Gasteiger partial charge in [-0.3, -0.25) is 9.78 Å². The second-order valence-corrected chi connectivity index (χ2v) is 6.14. The van der Waals surface area contributed by atoms with Crippen molar-refractivity contribution in [3.63, 3.8) is 0 Å². The molecule has 122 valence electrons. The minimum Gasteiger partial charge on any atom is -0.347 e. The molecule has 0 radical (unpaired) electrons. The highest BCUT2D eigenvalue weighted by Crippen LogP contribution is 2.38. The lowest BCUT2D eigenvalue weighted by atomic mass is 10.1. The second-order valence-electron chi connectivity index (χ2n) is 6.14. The molecular formula is C19H20N4O. The number of pyridine rings is 1. The van der Waals surface area contributed by atoms with E-state index in [2.05, 4.69) is 21.8 Å². The average Bonchev–Trinajstić information content (AvgIpc) is 3.38. The molecule has 0 saturated heterocycles. The highest BCUT2D eigenvalue weighted by Gasteiger charge is 2.26. The first-order chi connectivity index (χ1) is 11.6. The number of nitriles is 1. The maximum atomic E-state index is 12.3. The number of carbonyl (C=O) groups is 1. The van der Waals surface area contributed by atoms with Crippen LogP contribution in [-0.2, 0) is 11.3 Å². The molecule has 3 rings (SSSR count). The van der Waals surface area contributed by atoms with E-state index in [-0.39, 0.29) is 11.5 Å². The number of hydrogen-bond donors (Lipinski definition) is 1. The summed E-state index contributed by atoms with van der Waals surface area (Å²) in [4.78, 5) is 16.3. The summed E-state index contributed by atoms with van der Waals surface area (Å²) in [5.74, 6) is -0.363. The number of rotatable bonds is 5. The molecule has 2 heterocycles. The topological polar surface area (TPSA) is 70.7 Å². The monoisotopic (exact) mass is 320 g/mol. The van der Waals surface area contributed by atoms with Crippen LogP contribution in [0.1, 0.15) is 41.4 Å². The summed E-state index contributed by atoms with van der Waals surface area (Å²) in [6.45, 7) is 4.46. The van der Waals surface area contributed by atoms with Gasteiger partial charge in [0.05, 0.1) is 0 Å². The molecule has 0 atom stereocenters. The van der Waals surface area contributed by atoms with Crippen LogP contribution in [0.15, 0.2) is 36.2 Å². The Hall–Kier alpha value is -2.87. The van der Waals surface area contributed by atoms with Gasteiger partial charge in [0, 0.05) is 36.4 Å². The Labute approximate surface area is 141 Å². The molecule has 0 aromatic carbocycles. The van der Waals surface area contributed by atoms with Gasteiger partial charge in [-0.25, -0.2) is 0 Å². The maximum absolute atomic E-state index is 12.3. The van der Waals surface area contributed by atoms with Crippen molar-refractivity contribution >= 4 is 12.0 Å². The van der Waals surface area contributed by atoms with Gasteiger partial charge in [0.2, 0.25) is 0 Å². The van der Waals surface area contributed by atoms with E-state index in [1.165, 1.54) is 18.5 Å². The summed E-state index contributed by atoms with van der Waals surface area (Å²) in [5.41, 5.74) is 4.24. The SMILES string of the molecule is Cc1cc(/C=C(\C#N)C(=O)NCc2cccnc2)c(C)n1C1CC1. The molecule has 1 amide bonds. The molecule has 0 aliphatic heterocycles. The fourth-order valence-electron chi connectivity index (χ4n) is 2.93. The predicted octanol–water partition coefficient (Wildman–Crippen LogP) is 3.06. The molecule has 0 spiro atoms. The number of amides is 1. The van der Waals surface area contributed by atoms with Crippen LogP contribution in [0.2, 0.25) is 0 Å². The van der Waals surface area contributed by atoms with Crippen molar-refractivity contribution in [2.75, 3.05) is 0 Å². The summed E-state index contributed by atoms with van der Waals surface area (Å²) in [5, 5.41) is 12.1. The summed E-state index contributed by atoms with van der Waals surface area (Å²) in [6, 6.07) is 8.33. The Morgan fingerprint density at radius 2 is 2.29 bits per heavy atom. The molecule has 1 aliphatic carbocycles. The van der Waals surface area contributed by atoms with Crippen molar-refractivity contribution in [1.29, 1.82) is 5.26 Å². The average molecular weight is 320 g/mol. The first-order valence-corrected chi connectivity index (χ1v) is 8.07. The molecule has 2 aromatic rings. The van der Waals surface area contributed by atoms with Gasteiger partial charge >= 0.3 is 0 Å². The van der Waals surface area contributed by atoms with Crippen LogP contribution in [0.5, 0.6) is 0 Å². The van der Waals surface area contributed by atoms with Gasteiger partial charge in [0.1, 0.15) is 11.6 Å². The third-order valence-corrected chi connectivity index (χ3v) is 4.28. The first kappa shape index (κ1) is 16.0. The van der Waals surface area contributed by atoms with Gasteiger partial charge in [0.25, 0.3) is 5.91 Å². The van der Waals surface area contributed by atoms with Crippen LogP contribution < -0.4 is 5.32 Å². The minimum absolute atomic E-state index is 0.120. The fraction of sp³-hybridized carbons (Fsp3) is 0.316. The zero-order valence-corrected chi connectivity index (χ0v) is 13.9. The van der Waals surface area contributed by atoms with E-state index < -0.39 is 0 Å². The molecule has 1 saturated carbocycles. The van der Waals surface area contributed by atoms with Crippen LogP contribution >= 0.6 is 0 Å². The van der Waals surface area contributed by atoms with Crippen molar-refractivity contribution in [1.82, 2.24) is 14.9 Å². The van der Waals surface area contributed by atoms with E-state index in [4.69, 9.17) is 0 Å². The number of hydrogen-bond acceptors (Lipinski definition) is 3. The molecule has 1 fully saturated rings. The zero-order valence-electron chi connectivity index (χ0n) is 13.9. The van der Waals surface area contributed by atoms with Crippen LogP contribution in [0.25, 0.3) is 6.08 Å². The standard InChI is InChI=1S/C19H20N4O/c1-13-8-16(14(2)23(13)18-5-6-18)9-17(10-20)19(24)22-12-15-4-3-7-21-11-15/h3-4,7-9,11,18H,5-6,12H2,1-2H3,(H,22,24)/b17-9+. The summed E-state index contributed by atoms with van der Waals surface area (Å²) in [6.07, 6.45) is 7.47. The van der Waals surface area contributed by atoms with Gasteiger partial charge in [-0.05, 0) is 56.0 Å². The Morgan fingerprint density at radius 1 is 1.50 bits per heavy atom. The summed E-state index contributed by atoms with van der Waals surface area (Å²) < 4.78 is 2.30. The zero-order chi connectivity index (χ0) is 17.1. The van der Waals surface area contributed by atoms with Crippen molar-refractivity contribution in [3.8, 4) is 6.07 Å².